The van der Waals surface area contributed by atoms with Crippen LogP contribution in [0.5, 0.6) is 0 Å². The van der Waals surface area contributed by atoms with E-state index in [4.69, 9.17) is 5.73 Å². The zero-order valence-corrected chi connectivity index (χ0v) is 12.4. The monoisotopic (exact) mass is 249 g/mol. The molecule has 1 heterocycles. The molecule has 0 amide bonds. The zero-order chi connectivity index (χ0) is 13.6. The van der Waals surface area contributed by atoms with E-state index in [0.717, 1.165) is 5.69 Å². The van der Waals surface area contributed by atoms with Crippen LogP contribution in [0.1, 0.15) is 71.7 Å². The number of nitrogens with zero attached hydrogens (tertiary/aromatic N) is 2. The van der Waals surface area contributed by atoms with E-state index in [0.29, 0.717) is 16.9 Å². The molecular weight excluding hydrogens is 222 g/mol. The Morgan fingerprint density at radius 1 is 1.28 bits per heavy atom. The van der Waals surface area contributed by atoms with E-state index in [2.05, 4.69) is 37.2 Å². The van der Waals surface area contributed by atoms with Gasteiger partial charge in [0.2, 0.25) is 0 Å². The topological polar surface area (TPSA) is 43.8 Å². The highest BCUT2D eigenvalue weighted by Gasteiger charge is 2.39. The van der Waals surface area contributed by atoms with Crippen molar-refractivity contribution in [1.82, 2.24) is 9.55 Å². The lowest BCUT2D eigenvalue weighted by Gasteiger charge is -2.45. The van der Waals surface area contributed by atoms with Gasteiger partial charge in [0.05, 0.1) is 12.0 Å². The summed E-state index contributed by atoms with van der Waals surface area (Å²) in [7, 11) is 0. The molecule has 102 valence electrons. The van der Waals surface area contributed by atoms with Crippen LogP contribution < -0.4 is 5.73 Å². The lowest BCUT2D eigenvalue weighted by Crippen LogP contribution is -2.35. The van der Waals surface area contributed by atoms with Gasteiger partial charge < -0.3 is 10.3 Å². The molecule has 3 heteroatoms. The van der Waals surface area contributed by atoms with E-state index in [1.165, 1.54) is 19.3 Å². The van der Waals surface area contributed by atoms with Crippen LogP contribution in [-0.2, 0) is 0 Å². The van der Waals surface area contributed by atoms with Gasteiger partial charge in [-0.1, -0.05) is 27.7 Å². The Hall–Kier alpha value is -0.830. The van der Waals surface area contributed by atoms with E-state index < -0.39 is 0 Å². The summed E-state index contributed by atoms with van der Waals surface area (Å²) in [6.45, 7) is 11.5. The molecule has 2 rings (SSSR count). The summed E-state index contributed by atoms with van der Waals surface area (Å²) in [6, 6.07) is 0.591. The molecule has 0 aromatic carbocycles. The van der Waals surface area contributed by atoms with Crippen molar-refractivity contribution in [3.05, 3.63) is 18.2 Å². The fourth-order valence-electron chi connectivity index (χ4n) is 3.96. The number of rotatable bonds is 2. The Morgan fingerprint density at radius 3 is 2.33 bits per heavy atom. The van der Waals surface area contributed by atoms with Gasteiger partial charge >= 0.3 is 0 Å². The van der Waals surface area contributed by atoms with E-state index in [-0.39, 0.29) is 6.04 Å². The molecule has 0 radical (unpaired) electrons. The van der Waals surface area contributed by atoms with Gasteiger partial charge in [-0.2, -0.15) is 0 Å². The third-order valence-corrected chi connectivity index (χ3v) is 4.09. The number of hydrogen-bond donors (Lipinski definition) is 1. The summed E-state index contributed by atoms with van der Waals surface area (Å²) in [5.74, 6) is 0. The minimum Gasteiger partial charge on any atom is -0.330 e. The second-order valence-electron chi connectivity index (χ2n) is 7.58. The summed E-state index contributed by atoms with van der Waals surface area (Å²) < 4.78 is 2.31. The molecule has 3 nitrogen and oxygen atoms in total. The molecule has 18 heavy (non-hydrogen) atoms. The maximum Gasteiger partial charge on any atom is 0.0951 e. The summed E-state index contributed by atoms with van der Waals surface area (Å²) in [6.07, 6.45) is 7.60. The maximum absolute atomic E-state index is 6.04. The Bertz CT molecular complexity index is 399. The third-order valence-electron chi connectivity index (χ3n) is 4.09. The first kappa shape index (κ1) is 13.6. The summed E-state index contributed by atoms with van der Waals surface area (Å²) in [4.78, 5) is 4.30. The van der Waals surface area contributed by atoms with Gasteiger partial charge in [0, 0.05) is 18.3 Å². The molecule has 2 N–H and O–H groups in total. The van der Waals surface area contributed by atoms with Crippen molar-refractivity contribution in [3.63, 3.8) is 0 Å². The standard InChI is InChI=1S/C15H27N3/c1-11(16)13-8-17-10-18(13)12-6-14(2,3)9-15(4,5)7-12/h8,10-12H,6-7,9,16H2,1-5H3/t11-/m1/s1. The summed E-state index contributed by atoms with van der Waals surface area (Å²) in [5.41, 5.74) is 7.99. The minimum absolute atomic E-state index is 0.0562. The van der Waals surface area contributed by atoms with E-state index in [9.17, 15) is 0 Å². The Labute approximate surface area is 111 Å². The minimum atomic E-state index is 0.0562. The van der Waals surface area contributed by atoms with Gasteiger partial charge in [-0.05, 0) is 37.0 Å². The zero-order valence-electron chi connectivity index (χ0n) is 12.4. The molecule has 1 aliphatic carbocycles. The Morgan fingerprint density at radius 2 is 1.83 bits per heavy atom. The SMILES string of the molecule is C[C@@H](N)c1cncn1C1CC(C)(C)CC(C)(C)C1. The first-order chi connectivity index (χ1) is 8.20. The van der Waals surface area contributed by atoms with Crippen LogP contribution in [0.25, 0.3) is 0 Å². The van der Waals surface area contributed by atoms with Crippen molar-refractivity contribution in [1.29, 1.82) is 0 Å². The quantitative estimate of drug-likeness (QED) is 0.869. The van der Waals surface area contributed by atoms with Crippen molar-refractivity contribution in [3.8, 4) is 0 Å². The molecule has 1 saturated carbocycles. The molecule has 1 aliphatic rings. The second-order valence-corrected chi connectivity index (χ2v) is 7.58. The van der Waals surface area contributed by atoms with Crippen LogP contribution in [0.3, 0.4) is 0 Å². The van der Waals surface area contributed by atoms with E-state index >= 15 is 0 Å². The molecule has 0 spiro atoms. The normalized spacial score (nSPS) is 25.0. The average molecular weight is 249 g/mol. The Kier molecular flexibility index (Phi) is 3.30. The molecule has 0 aliphatic heterocycles. The van der Waals surface area contributed by atoms with Crippen LogP contribution in [0, 0.1) is 10.8 Å². The smallest absolute Gasteiger partial charge is 0.0951 e. The van der Waals surface area contributed by atoms with E-state index in [1.54, 1.807) is 0 Å². The average Bonchev–Trinajstić information content (AvgIpc) is 2.59. The molecule has 1 aromatic rings. The predicted octanol–water partition coefficient (Wildman–Crippen LogP) is 3.68. The predicted molar refractivity (Wildman–Crippen MR) is 75.3 cm³/mol. The molecule has 0 saturated heterocycles. The van der Waals surface area contributed by atoms with Crippen LogP contribution in [-0.4, -0.2) is 9.55 Å². The number of imidazole rings is 1. The molecular formula is C15H27N3. The molecule has 0 bridgehead atoms. The second kappa shape index (κ2) is 4.37. The van der Waals surface area contributed by atoms with Crippen molar-refractivity contribution < 1.29 is 0 Å². The first-order valence-corrected chi connectivity index (χ1v) is 6.98. The van der Waals surface area contributed by atoms with Gasteiger partial charge in [0.25, 0.3) is 0 Å². The van der Waals surface area contributed by atoms with Crippen molar-refractivity contribution in [2.75, 3.05) is 0 Å². The third kappa shape index (κ3) is 2.77. The fraction of sp³-hybridized carbons (Fsp3) is 0.800. The summed E-state index contributed by atoms with van der Waals surface area (Å²) >= 11 is 0. The maximum atomic E-state index is 6.04. The molecule has 0 unspecified atom stereocenters. The molecule has 1 aromatic heterocycles. The van der Waals surface area contributed by atoms with E-state index in [1.807, 2.05) is 19.4 Å². The lowest BCUT2D eigenvalue weighted by molar-refractivity contribution is 0.0709. The number of hydrogen-bond acceptors (Lipinski definition) is 2. The number of aromatic nitrogens is 2. The van der Waals surface area contributed by atoms with Crippen molar-refractivity contribution in [2.24, 2.45) is 16.6 Å². The van der Waals surface area contributed by atoms with Crippen LogP contribution in [0.15, 0.2) is 12.5 Å². The van der Waals surface area contributed by atoms with Crippen molar-refractivity contribution in [2.45, 2.75) is 66.0 Å². The van der Waals surface area contributed by atoms with Gasteiger partial charge in [0.15, 0.2) is 0 Å². The largest absolute Gasteiger partial charge is 0.330 e. The van der Waals surface area contributed by atoms with Crippen molar-refractivity contribution >= 4 is 0 Å². The van der Waals surface area contributed by atoms with Gasteiger partial charge in [-0.25, -0.2) is 4.98 Å². The van der Waals surface area contributed by atoms with Gasteiger partial charge in [-0.3, -0.25) is 0 Å². The summed E-state index contributed by atoms with van der Waals surface area (Å²) in [5, 5.41) is 0. The highest BCUT2D eigenvalue weighted by atomic mass is 15.1. The lowest BCUT2D eigenvalue weighted by atomic mass is 9.63. The molecule has 1 fully saturated rings. The number of nitrogens with two attached hydrogens (primary N) is 1. The first-order valence-electron chi connectivity index (χ1n) is 6.98. The van der Waals surface area contributed by atoms with Crippen LogP contribution in [0.2, 0.25) is 0 Å². The highest BCUT2D eigenvalue weighted by molar-refractivity contribution is 5.07. The molecule has 1 atom stereocenters. The Balaban J connectivity index is 2.30. The van der Waals surface area contributed by atoms with Crippen LogP contribution >= 0.6 is 0 Å². The fourth-order valence-corrected chi connectivity index (χ4v) is 3.96. The highest BCUT2D eigenvalue weighted by Crippen LogP contribution is 2.50. The van der Waals surface area contributed by atoms with Gasteiger partial charge in [-0.15, -0.1) is 0 Å². The van der Waals surface area contributed by atoms with Crippen LogP contribution in [0.4, 0.5) is 0 Å². The van der Waals surface area contributed by atoms with Gasteiger partial charge in [0.1, 0.15) is 0 Å².